The van der Waals surface area contributed by atoms with Gasteiger partial charge in [0.25, 0.3) is 15.9 Å². The second-order valence-corrected chi connectivity index (χ2v) is 8.69. The Balaban J connectivity index is 1.91. The van der Waals surface area contributed by atoms with Gasteiger partial charge in [-0.1, -0.05) is 15.9 Å². The van der Waals surface area contributed by atoms with Crippen molar-refractivity contribution in [1.29, 1.82) is 0 Å². The van der Waals surface area contributed by atoms with Gasteiger partial charge in [-0.15, -0.1) is 0 Å². The number of anilines is 2. The molecule has 29 heavy (non-hydrogen) atoms. The van der Waals surface area contributed by atoms with Gasteiger partial charge in [0.05, 0.1) is 12.7 Å². The van der Waals surface area contributed by atoms with Crippen LogP contribution in [-0.2, 0) is 10.0 Å². The van der Waals surface area contributed by atoms with Gasteiger partial charge in [0.2, 0.25) is 0 Å². The number of aryl methyl sites for hydroxylation is 1. The maximum atomic E-state index is 12.9. The molecule has 2 aromatic carbocycles. The molecule has 0 saturated heterocycles. The fourth-order valence-electron chi connectivity index (χ4n) is 2.59. The Kier molecular flexibility index (Phi) is 6.19. The summed E-state index contributed by atoms with van der Waals surface area (Å²) in [5, 5.41) is 2.70. The minimum Gasteiger partial charge on any atom is -0.495 e. The van der Waals surface area contributed by atoms with Gasteiger partial charge in [0, 0.05) is 28.2 Å². The number of hydrogen-bond acceptors (Lipinski definition) is 5. The summed E-state index contributed by atoms with van der Waals surface area (Å²) in [6, 6.07) is 12.8. The molecule has 9 heteroatoms. The van der Waals surface area contributed by atoms with Crippen LogP contribution in [0, 0.1) is 6.92 Å². The molecule has 0 aliphatic heterocycles. The zero-order valence-electron chi connectivity index (χ0n) is 15.6. The molecular weight excluding hydrogens is 458 g/mol. The summed E-state index contributed by atoms with van der Waals surface area (Å²) in [7, 11) is -2.57. The number of nitrogens with one attached hydrogen (secondary N) is 2. The first kappa shape index (κ1) is 20.8. The largest absolute Gasteiger partial charge is 0.495 e. The average Bonchev–Trinajstić information content (AvgIpc) is 2.70. The highest BCUT2D eigenvalue weighted by Gasteiger charge is 2.21. The Morgan fingerprint density at radius 2 is 1.76 bits per heavy atom. The summed E-state index contributed by atoms with van der Waals surface area (Å²) >= 11 is 3.31. The number of pyridine rings is 1. The number of carbonyl (C=O) groups is 1. The quantitative estimate of drug-likeness (QED) is 0.556. The van der Waals surface area contributed by atoms with Crippen LogP contribution in [0.25, 0.3) is 0 Å². The van der Waals surface area contributed by atoms with E-state index in [-0.39, 0.29) is 16.6 Å². The molecule has 3 rings (SSSR count). The van der Waals surface area contributed by atoms with Gasteiger partial charge in [-0.05, 0) is 61.0 Å². The second kappa shape index (κ2) is 8.62. The van der Waals surface area contributed by atoms with Gasteiger partial charge in [0.1, 0.15) is 10.6 Å². The lowest BCUT2D eigenvalue weighted by Gasteiger charge is -2.14. The molecule has 0 aliphatic rings. The smallest absolute Gasteiger partial charge is 0.265 e. The molecule has 0 unspecified atom stereocenters. The van der Waals surface area contributed by atoms with E-state index in [2.05, 4.69) is 31.0 Å². The van der Waals surface area contributed by atoms with Gasteiger partial charge >= 0.3 is 0 Å². The first-order valence-electron chi connectivity index (χ1n) is 8.48. The number of amides is 1. The highest BCUT2D eigenvalue weighted by atomic mass is 79.9. The number of sulfonamides is 1. The van der Waals surface area contributed by atoms with E-state index in [1.54, 1.807) is 49.5 Å². The Morgan fingerprint density at radius 3 is 2.41 bits per heavy atom. The third kappa shape index (κ3) is 4.93. The number of benzene rings is 2. The fraction of sp³-hybridized carbons (Fsp3) is 0.100. The third-order valence-electron chi connectivity index (χ3n) is 4.09. The minimum absolute atomic E-state index is 0.0939. The number of carbonyl (C=O) groups excluding carboxylic acids is 1. The zero-order valence-corrected chi connectivity index (χ0v) is 18.0. The van der Waals surface area contributed by atoms with E-state index in [0.29, 0.717) is 16.9 Å². The van der Waals surface area contributed by atoms with E-state index >= 15 is 0 Å². The number of methoxy groups -OCH3 is 1. The van der Waals surface area contributed by atoms with Gasteiger partial charge < -0.3 is 10.1 Å². The third-order valence-corrected chi connectivity index (χ3v) is 6.02. The summed E-state index contributed by atoms with van der Waals surface area (Å²) in [5.41, 5.74) is 1.88. The topological polar surface area (TPSA) is 97.4 Å². The van der Waals surface area contributed by atoms with Gasteiger partial charge in [-0.25, -0.2) is 8.42 Å². The average molecular weight is 476 g/mol. The number of nitrogens with zero attached hydrogens (tertiary/aromatic N) is 1. The molecule has 0 aliphatic carbocycles. The van der Waals surface area contributed by atoms with Crippen LogP contribution in [0.1, 0.15) is 15.9 Å². The molecule has 0 radical (unpaired) electrons. The van der Waals surface area contributed by atoms with E-state index in [1.165, 1.54) is 25.4 Å². The lowest BCUT2D eigenvalue weighted by Crippen LogP contribution is -2.16. The van der Waals surface area contributed by atoms with Crippen molar-refractivity contribution < 1.29 is 17.9 Å². The van der Waals surface area contributed by atoms with Crippen LogP contribution in [0.5, 0.6) is 5.75 Å². The first-order valence-corrected chi connectivity index (χ1v) is 10.8. The molecule has 1 amide bonds. The Hall–Kier alpha value is -2.91. The highest BCUT2D eigenvalue weighted by molar-refractivity contribution is 9.10. The Morgan fingerprint density at radius 1 is 1.07 bits per heavy atom. The maximum absolute atomic E-state index is 12.9. The van der Waals surface area contributed by atoms with Crippen molar-refractivity contribution in [3.8, 4) is 5.75 Å². The molecule has 2 N–H and O–H groups in total. The van der Waals surface area contributed by atoms with Crippen molar-refractivity contribution in [2.24, 2.45) is 0 Å². The summed E-state index contributed by atoms with van der Waals surface area (Å²) in [6.45, 7) is 1.79. The predicted octanol–water partition coefficient (Wildman–Crippen LogP) is 4.21. The Labute approximate surface area is 177 Å². The molecule has 0 atom stereocenters. The molecule has 1 heterocycles. The SMILES string of the molecule is COc1ccc(NC(=O)c2cnccc2C)cc1S(=O)(=O)Nc1ccc(Br)cc1. The standard InChI is InChI=1S/C20H18BrN3O4S/c1-13-9-10-22-12-17(13)20(25)23-16-7-8-18(28-2)19(11-16)29(26,27)24-15-5-3-14(21)4-6-15/h3-12,24H,1-2H3,(H,23,25). The highest BCUT2D eigenvalue weighted by Crippen LogP contribution is 2.29. The van der Waals surface area contributed by atoms with Crippen LogP contribution in [0.3, 0.4) is 0 Å². The predicted molar refractivity (Wildman–Crippen MR) is 115 cm³/mol. The van der Waals surface area contributed by atoms with E-state index in [0.717, 1.165) is 10.0 Å². The lowest BCUT2D eigenvalue weighted by molar-refractivity contribution is 0.102. The van der Waals surface area contributed by atoms with E-state index in [4.69, 9.17) is 4.74 Å². The van der Waals surface area contributed by atoms with Crippen LogP contribution in [-0.4, -0.2) is 26.4 Å². The van der Waals surface area contributed by atoms with Crippen molar-refractivity contribution in [2.75, 3.05) is 17.1 Å². The summed E-state index contributed by atoms with van der Waals surface area (Å²) in [4.78, 5) is 16.4. The van der Waals surface area contributed by atoms with E-state index < -0.39 is 10.0 Å². The van der Waals surface area contributed by atoms with Crippen molar-refractivity contribution in [3.63, 3.8) is 0 Å². The molecule has 150 valence electrons. The van der Waals surface area contributed by atoms with Crippen LogP contribution in [0.15, 0.2) is 70.3 Å². The van der Waals surface area contributed by atoms with Gasteiger partial charge in [-0.2, -0.15) is 0 Å². The van der Waals surface area contributed by atoms with Crippen LogP contribution >= 0.6 is 15.9 Å². The number of ether oxygens (including phenoxy) is 1. The second-order valence-electron chi connectivity index (χ2n) is 6.12. The first-order chi connectivity index (χ1) is 13.8. The molecule has 7 nitrogen and oxygen atoms in total. The van der Waals surface area contributed by atoms with Crippen molar-refractivity contribution in [3.05, 3.63) is 76.5 Å². The van der Waals surface area contributed by atoms with Gasteiger partial charge in [-0.3, -0.25) is 14.5 Å². The molecule has 3 aromatic rings. The molecule has 0 spiro atoms. The molecule has 1 aromatic heterocycles. The summed E-state index contributed by atoms with van der Waals surface area (Å²) < 4.78 is 34.3. The summed E-state index contributed by atoms with van der Waals surface area (Å²) in [6.07, 6.45) is 3.05. The molecule has 0 saturated carbocycles. The normalized spacial score (nSPS) is 11.0. The Bertz CT molecular complexity index is 1150. The van der Waals surface area contributed by atoms with E-state index in [1.807, 2.05) is 0 Å². The lowest BCUT2D eigenvalue weighted by atomic mass is 10.1. The number of aromatic nitrogens is 1. The fourth-order valence-corrected chi connectivity index (χ4v) is 4.11. The summed E-state index contributed by atoms with van der Waals surface area (Å²) in [5.74, 6) is -0.227. The number of rotatable bonds is 6. The minimum atomic E-state index is -3.95. The number of halogens is 1. The van der Waals surface area contributed by atoms with E-state index in [9.17, 15) is 13.2 Å². The zero-order chi connectivity index (χ0) is 21.0. The van der Waals surface area contributed by atoms with Crippen molar-refractivity contribution >= 4 is 43.2 Å². The molecule has 0 fully saturated rings. The maximum Gasteiger partial charge on any atom is 0.265 e. The van der Waals surface area contributed by atoms with Crippen LogP contribution in [0.2, 0.25) is 0 Å². The molecular formula is C20H18BrN3O4S. The van der Waals surface area contributed by atoms with Crippen LogP contribution in [0.4, 0.5) is 11.4 Å². The molecule has 0 bridgehead atoms. The van der Waals surface area contributed by atoms with Gasteiger partial charge in [0.15, 0.2) is 0 Å². The van der Waals surface area contributed by atoms with Crippen LogP contribution < -0.4 is 14.8 Å². The van der Waals surface area contributed by atoms with Crippen molar-refractivity contribution in [2.45, 2.75) is 11.8 Å². The van der Waals surface area contributed by atoms with Crippen molar-refractivity contribution in [1.82, 2.24) is 4.98 Å². The monoisotopic (exact) mass is 475 g/mol. The number of hydrogen-bond donors (Lipinski definition) is 2.